The lowest BCUT2D eigenvalue weighted by atomic mass is 9.97. The first kappa shape index (κ1) is 18.0. The zero-order chi connectivity index (χ0) is 20.2. The molecule has 2 aromatic carbocycles. The standard InChI is InChI=1S/C19H10F5N3O/c1-9-15(10-2-4-11(5-3-10)19(22,23)24)17-16(25-18(28)27(17)26-9)13-7-6-12(20)8-14(13)21/h2-8H,1H3. The average Bonchev–Trinajstić information content (AvgIpc) is 3.11. The maximum atomic E-state index is 14.3. The quantitative estimate of drug-likeness (QED) is 0.579. The molecule has 0 unspecified atom stereocenters. The lowest BCUT2D eigenvalue weighted by Gasteiger charge is -2.09. The minimum Gasteiger partial charge on any atom is -0.244 e. The van der Waals surface area contributed by atoms with E-state index in [0.717, 1.165) is 28.9 Å². The molecule has 142 valence electrons. The summed E-state index contributed by atoms with van der Waals surface area (Å²) in [5.41, 5.74) is 0.219. The Bertz CT molecular complexity index is 1140. The van der Waals surface area contributed by atoms with Gasteiger partial charge in [-0.15, -0.1) is 0 Å². The van der Waals surface area contributed by atoms with E-state index in [-0.39, 0.29) is 17.0 Å². The molecule has 0 radical (unpaired) electrons. The Morgan fingerprint density at radius 3 is 2.29 bits per heavy atom. The van der Waals surface area contributed by atoms with Crippen LogP contribution in [0.3, 0.4) is 0 Å². The first-order chi connectivity index (χ1) is 13.2. The zero-order valence-electron chi connectivity index (χ0n) is 14.2. The average molecular weight is 391 g/mol. The molecule has 4 rings (SSSR count). The summed E-state index contributed by atoms with van der Waals surface area (Å²) >= 11 is 0. The molecule has 1 amide bonds. The summed E-state index contributed by atoms with van der Waals surface area (Å²) in [5.74, 6) is -1.71. The molecule has 0 bridgehead atoms. The van der Waals surface area contributed by atoms with E-state index in [2.05, 4.69) is 10.1 Å². The van der Waals surface area contributed by atoms with Gasteiger partial charge in [0.05, 0.1) is 11.3 Å². The molecule has 0 saturated heterocycles. The molecule has 0 atom stereocenters. The second-order valence-electron chi connectivity index (χ2n) is 6.16. The molecule has 0 aliphatic carbocycles. The van der Waals surface area contributed by atoms with Gasteiger partial charge in [0, 0.05) is 17.2 Å². The van der Waals surface area contributed by atoms with E-state index in [1.165, 1.54) is 12.1 Å². The maximum Gasteiger partial charge on any atom is 0.416 e. The third kappa shape index (κ3) is 2.79. The molecule has 1 aliphatic rings. The van der Waals surface area contributed by atoms with Crippen LogP contribution < -0.4 is 0 Å². The van der Waals surface area contributed by atoms with Crippen LogP contribution in [0, 0.1) is 18.6 Å². The van der Waals surface area contributed by atoms with Crippen molar-refractivity contribution in [3.63, 3.8) is 0 Å². The largest absolute Gasteiger partial charge is 0.416 e. The molecule has 1 aromatic heterocycles. The number of carbonyl (C=O) groups excluding carboxylic acids is 1. The normalized spacial score (nSPS) is 13.6. The molecule has 28 heavy (non-hydrogen) atoms. The predicted molar refractivity (Wildman–Crippen MR) is 90.2 cm³/mol. The van der Waals surface area contributed by atoms with Gasteiger partial charge < -0.3 is 0 Å². The van der Waals surface area contributed by atoms with Crippen LogP contribution in [-0.2, 0) is 6.18 Å². The number of fused-ring (bicyclic) bond motifs is 1. The van der Waals surface area contributed by atoms with E-state index in [1.807, 2.05) is 0 Å². The minimum absolute atomic E-state index is 0.0574. The molecule has 9 heteroatoms. The summed E-state index contributed by atoms with van der Waals surface area (Å²) in [5, 5.41) is 4.08. The van der Waals surface area contributed by atoms with Crippen molar-refractivity contribution >= 4 is 11.7 Å². The van der Waals surface area contributed by atoms with Gasteiger partial charge in [-0.1, -0.05) is 12.1 Å². The van der Waals surface area contributed by atoms with Crippen LogP contribution in [0.15, 0.2) is 47.5 Å². The molecular formula is C19H10F5N3O. The van der Waals surface area contributed by atoms with Gasteiger partial charge in [-0.05, 0) is 36.8 Å². The van der Waals surface area contributed by atoms with Crippen LogP contribution in [0.5, 0.6) is 0 Å². The smallest absolute Gasteiger partial charge is 0.244 e. The molecule has 0 fully saturated rings. The fourth-order valence-electron chi connectivity index (χ4n) is 3.12. The lowest BCUT2D eigenvalue weighted by molar-refractivity contribution is -0.137. The van der Waals surface area contributed by atoms with E-state index < -0.39 is 29.4 Å². The summed E-state index contributed by atoms with van der Waals surface area (Å²) in [7, 11) is 0. The second kappa shape index (κ2) is 6.08. The number of hydrogen-bond acceptors (Lipinski definition) is 2. The van der Waals surface area contributed by atoms with Crippen molar-refractivity contribution in [1.29, 1.82) is 0 Å². The van der Waals surface area contributed by atoms with E-state index in [0.29, 0.717) is 22.9 Å². The van der Waals surface area contributed by atoms with Crippen LogP contribution >= 0.6 is 0 Å². The Balaban J connectivity index is 1.88. The van der Waals surface area contributed by atoms with Gasteiger partial charge in [-0.3, -0.25) is 0 Å². The zero-order valence-corrected chi connectivity index (χ0v) is 14.2. The summed E-state index contributed by atoms with van der Waals surface area (Å²) < 4.78 is 66.9. The van der Waals surface area contributed by atoms with Crippen LogP contribution in [0.2, 0.25) is 0 Å². The van der Waals surface area contributed by atoms with Crippen molar-refractivity contribution in [2.75, 3.05) is 0 Å². The number of aromatic nitrogens is 2. The molecule has 1 aliphatic heterocycles. The van der Waals surface area contributed by atoms with Crippen molar-refractivity contribution in [2.45, 2.75) is 13.1 Å². The topological polar surface area (TPSA) is 47.2 Å². The Morgan fingerprint density at radius 2 is 1.68 bits per heavy atom. The lowest BCUT2D eigenvalue weighted by Crippen LogP contribution is -2.09. The highest BCUT2D eigenvalue weighted by atomic mass is 19.4. The molecule has 4 nitrogen and oxygen atoms in total. The van der Waals surface area contributed by atoms with Gasteiger partial charge in [0.2, 0.25) is 0 Å². The number of amides is 1. The van der Waals surface area contributed by atoms with Crippen molar-refractivity contribution in [2.24, 2.45) is 4.99 Å². The summed E-state index contributed by atoms with van der Waals surface area (Å²) in [4.78, 5) is 16.0. The summed E-state index contributed by atoms with van der Waals surface area (Å²) in [6.07, 6.45) is -4.49. The van der Waals surface area contributed by atoms with Gasteiger partial charge in [-0.2, -0.15) is 27.9 Å². The Kier molecular flexibility index (Phi) is 3.91. The molecule has 0 spiro atoms. The van der Waals surface area contributed by atoms with Crippen LogP contribution in [0.25, 0.3) is 11.1 Å². The number of hydrogen-bond donors (Lipinski definition) is 0. The third-order valence-electron chi connectivity index (χ3n) is 4.36. The SMILES string of the molecule is Cc1nn2c(c1-c1ccc(C(F)(F)F)cc1)C(c1ccc(F)cc1F)=NC2=O. The molecule has 0 saturated carbocycles. The first-order valence-electron chi connectivity index (χ1n) is 8.03. The Labute approximate surface area is 154 Å². The fraction of sp³-hybridized carbons (Fsp3) is 0.105. The Hall–Kier alpha value is -3.36. The van der Waals surface area contributed by atoms with Crippen molar-refractivity contribution in [3.05, 3.63) is 76.6 Å². The first-order valence-corrected chi connectivity index (χ1v) is 8.03. The highest BCUT2D eigenvalue weighted by molar-refractivity contribution is 6.23. The molecule has 2 heterocycles. The predicted octanol–water partition coefficient (Wildman–Crippen LogP) is 4.97. The number of aliphatic imine (C=N–C) groups is 1. The van der Waals surface area contributed by atoms with Crippen molar-refractivity contribution < 1.29 is 26.7 Å². The highest BCUT2D eigenvalue weighted by Crippen LogP contribution is 2.35. The van der Waals surface area contributed by atoms with Gasteiger partial charge in [0.25, 0.3) is 0 Å². The van der Waals surface area contributed by atoms with Crippen LogP contribution in [0.4, 0.5) is 26.7 Å². The van der Waals surface area contributed by atoms with Gasteiger partial charge in [0.15, 0.2) is 0 Å². The molecular weight excluding hydrogens is 381 g/mol. The van der Waals surface area contributed by atoms with E-state index in [1.54, 1.807) is 6.92 Å². The number of carbonyl (C=O) groups is 1. The van der Waals surface area contributed by atoms with E-state index in [4.69, 9.17) is 0 Å². The monoisotopic (exact) mass is 391 g/mol. The van der Waals surface area contributed by atoms with Gasteiger partial charge in [-0.25, -0.2) is 13.6 Å². The molecule has 3 aromatic rings. The van der Waals surface area contributed by atoms with Gasteiger partial charge in [0.1, 0.15) is 23.0 Å². The minimum atomic E-state index is -4.49. The van der Waals surface area contributed by atoms with E-state index >= 15 is 0 Å². The number of benzene rings is 2. The number of aryl methyl sites for hydroxylation is 1. The number of halogens is 5. The molecule has 0 N–H and O–H groups in total. The number of rotatable bonds is 2. The second-order valence-corrected chi connectivity index (χ2v) is 6.16. The summed E-state index contributed by atoms with van der Waals surface area (Å²) in [6, 6.07) is 6.36. The number of nitrogens with zero attached hydrogens (tertiary/aromatic N) is 3. The van der Waals surface area contributed by atoms with Crippen molar-refractivity contribution in [1.82, 2.24) is 9.78 Å². The maximum absolute atomic E-state index is 14.3. The van der Waals surface area contributed by atoms with E-state index in [9.17, 15) is 26.7 Å². The number of alkyl halides is 3. The fourth-order valence-corrected chi connectivity index (χ4v) is 3.12. The van der Waals surface area contributed by atoms with Crippen LogP contribution in [-0.4, -0.2) is 21.5 Å². The van der Waals surface area contributed by atoms with Crippen molar-refractivity contribution in [3.8, 4) is 11.1 Å². The Morgan fingerprint density at radius 1 is 1.00 bits per heavy atom. The summed E-state index contributed by atoms with van der Waals surface area (Å²) in [6.45, 7) is 1.57. The van der Waals surface area contributed by atoms with Gasteiger partial charge >= 0.3 is 12.2 Å². The highest BCUT2D eigenvalue weighted by Gasteiger charge is 2.34. The third-order valence-corrected chi connectivity index (χ3v) is 4.36. The van der Waals surface area contributed by atoms with Crippen LogP contribution in [0.1, 0.15) is 22.5 Å².